The minimum atomic E-state index is -0.465. The molecule has 0 aromatic rings. The second kappa shape index (κ2) is 7.84. The molecule has 2 N–H and O–H groups in total. The molecule has 0 spiro atoms. The summed E-state index contributed by atoms with van der Waals surface area (Å²) in [5.41, 5.74) is 0.651. The number of esters is 2. The molecule has 0 bridgehead atoms. The van der Waals surface area contributed by atoms with Gasteiger partial charge in [-0.25, -0.2) is 0 Å². The van der Waals surface area contributed by atoms with Crippen molar-refractivity contribution in [3.63, 3.8) is 0 Å². The lowest BCUT2D eigenvalue weighted by molar-refractivity contribution is -0.158. The Balaban J connectivity index is 1.64. The molecule has 31 heavy (non-hydrogen) atoms. The van der Waals surface area contributed by atoms with E-state index in [2.05, 4.69) is 35.9 Å². The molecule has 0 amide bonds. The van der Waals surface area contributed by atoms with Crippen LogP contribution in [0, 0.1) is 34.0 Å². The Morgan fingerprint density at radius 3 is 2.55 bits per heavy atom. The second-order valence-corrected chi connectivity index (χ2v) is 12.0. The zero-order valence-corrected chi connectivity index (χ0v) is 20.5. The number of fused-ring (bicyclic) bond motifs is 5. The number of hydrogen-bond acceptors (Lipinski definition) is 6. The van der Waals surface area contributed by atoms with Crippen LogP contribution in [-0.4, -0.2) is 52.4 Å². The summed E-state index contributed by atoms with van der Waals surface area (Å²) in [6.07, 6.45) is 5.53. The van der Waals surface area contributed by atoms with Gasteiger partial charge in [-0.2, -0.15) is 0 Å². The van der Waals surface area contributed by atoms with Gasteiger partial charge >= 0.3 is 11.9 Å². The van der Waals surface area contributed by atoms with E-state index < -0.39 is 6.10 Å². The second-order valence-electron chi connectivity index (χ2n) is 10.9. The van der Waals surface area contributed by atoms with Crippen LogP contribution in [-0.2, 0) is 19.1 Å². The van der Waals surface area contributed by atoms with Gasteiger partial charge in [0.15, 0.2) is 0 Å². The third-order valence-electron chi connectivity index (χ3n) is 8.99. The van der Waals surface area contributed by atoms with Gasteiger partial charge in [0.05, 0.1) is 10.9 Å². The van der Waals surface area contributed by atoms with Gasteiger partial charge in [-0.15, -0.1) is 0 Å². The topological polar surface area (TPSA) is 93.1 Å². The fourth-order valence-corrected chi connectivity index (χ4v) is 7.78. The number of aliphatic hydroxyl groups is 2. The minimum absolute atomic E-state index is 0.00354. The van der Waals surface area contributed by atoms with E-state index in [4.69, 9.17) is 9.47 Å². The van der Waals surface area contributed by atoms with Gasteiger partial charge in [0.2, 0.25) is 0 Å². The molecular formula is C24H35BrO6. The van der Waals surface area contributed by atoms with E-state index in [9.17, 15) is 19.8 Å². The molecule has 7 heteroatoms. The molecule has 0 saturated heterocycles. The molecule has 0 heterocycles. The van der Waals surface area contributed by atoms with Crippen molar-refractivity contribution >= 4 is 27.9 Å². The van der Waals surface area contributed by atoms with Gasteiger partial charge in [-0.05, 0) is 48.9 Å². The van der Waals surface area contributed by atoms with Crippen LogP contribution in [0.25, 0.3) is 0 Å². The van der Waals surface area contributed by atoms with Crippen molar-refractivity contribution in [2.24, 2.45) is 34.0 Å². The summed E-state index contributed by atoms with van der Waals surface area (Å²) in [5.74, 6) is -0.171. The van der Waals surface area contributed by atoms with E-state index in [1.165, 1.54) is 19.4 Å². The van der Waals surface area contributed by atoms with Crippen molar-refractivity contribution in [3.8, 4) is 0 Å². The molecule has 0 radical (unpaired) electrons. The normalized spacial score (nSPS) is 46.5. The third-order valence-corrected chi connectivity index (χ3v) is 10.4. The van der Waals surface area contributed by atoms with Crippen LogP contribution in [0.1, 0.15) is 59.8 Å². The van der Waals surface area contributed by atoms with E-state index in [-0.39, 0.29) is 63.5 Å². The number of carbonyl (C=O) groups excluding carboxylic acids is 2. The molecule has 9 atom stereocenters. The Bertz CT molecular complexity index is 797. The Labute approximate surface area is 192 Å². The average Bonchev–Trinajstić information content (AvgIpc) is 3.44. The molecular weight excluding hydrogens is 464 g/mol. The van der Waals surface area contributed by atoms with E-state index in [0.29, 0.717) is 13.0 Å². The zero-order valence-electron chi connectivity index (χ0n) is 18.9. The number of halogens is 1. The zero-order chi connectivity index (χ0) is 22.8. The van der Waals surface area contributed by atoms with Crippen molar-refractivity contribution in [1.82, 2.24) is 0 Å². The largest absolute Gasteiger partial charge is 0.465 e. The standard InChI is InChI=1S/C24H35BrO6/c1-13(27)30-11-21(25)22(3)6-5-16-15(8-22)18(29)7-20-23(16,4)10-19(31-14(2)28)17-9-24(17,20)12-26/h5,15,17-21,26,29H,6-12H2,1-4H3. The summed E-state index contributed by atoms with van der Waals surface area (Å²) in [6, 6.07) is 0. The van der Waals surface area contributed by atoms with Crippen LogP contribution < -0.4 is 0 Å². The SMILES string of the molecule is CC(=O)OCC(Br)C1(C)CC=C2C(C1)C(O)CC1C2(C)CC(OC(C)=O)C2CC21CO. The summed E-state index contributed by atoms with van der Waals surface area (Å²) in [4.78, 5) is 23.0. The maximum Gasteiger partial charge on any atom is 0.302 e. The van der Waals surface area contributed by atoms with Crippen molar-refractivity contribution in [2.75, 3.05) is 13.2 Å². The molecule has 0 aromatic heterocycles. The molecule has 0 aromatic carbocycles. The molecule has 4 aliphatic rings. The number of alkyl halides is 1. The molecule has 4 aliphatic carbocycles. The van der Waals surface area contributed by atoms with Crippen molar-refractivity contribution in [1.29, 1.82) is 0 Å². The number of carbonyl (C=O) groups is 2. The molecule has 3 saturated carbocycles. The van der Waals surface area contributed by atoms with Crippen molar-refractivity contribution in [3.05, 3.63) is 11.6 Å². The van der Waals surface area contributed by atoms with Crippen LogP contribution in [0.2, 0.25) is 0 Å². The molecule has 4 rings (SSSR count). The number of ether oxygens (including phenoxy) is 2. The minimum Gasteiger partial charge on any atom is -0.465 e. The Morgan fingerprint density at radius 1 is 1.23 bits per heavy atom. The number of aliphatic hydroxyl groups excluding tert-OH is 2. The third kappa shape index (κ3) is 3.68. The van der Waals surface area contributed by atoms with E-state index in [1.807, 2.05) is 0 Å². The number of allylic oxidation sites excluding steroid dienone is 1. The van der Waals surface area contributed by atoms with Gasteiger partial charge < -0.3 is 19.7 Å². The predicted octanol–water partition coefficient (Wildman–Crippen LogP) is 3.38. The first-order chi connectivity index (χ1) is 14.5. The first-order valence-electron chi connectivity index (χ1n) is 11.4. The van der Waals surface area contributed by atoms with Gasteiger partial charge in [-0.1, -0.05) is 41.4 Å². The van der Waals surface area contributed by atoms with Gasteiger partial charge in [-0.3, -0.25) is 9.59 Å². The van der Waals surface area contributed by atoms with Crippen LogP contribution in [0.3, 0.4) is 0 Å². The Morgan fingerprint density at radius 2 is 1.94 bits per heavy atom. The summed E-state index contributed by atoms with van der Waals surface area (Å²) < 4.78 is 11.0. The lowest BCUT2D eigenvalue weighted by Gasteiger charge is -2.58. The maximum atomic E-state index is 11.8. The highest BCUT2D eigenvalue weighted by atomic mass is 79.9. The molecule has 174 valence electrons. The monoisotopic (exact) mass is 498 g/mol. The fourth-order valence-electron chi connectivity index (χ4n) is 7.28. The van der Waals surface area contributed by atoms with Gasteiger partial charge in [0, 0.05) is 37.7 Å². The van der Waals surface area contributed by atoms with E-state index >= 15 is 0 Å². The highest BCUT2D eigenvalue weighted by molar-refractivity contribution is 9.09. The summed E-state index contributed by atoms with van der Waals surface area (Å²) >= 11 is 3.74. The van der Waals surface area contributed by atoms with Crippen LogP contribution >= 0.6 is 15.9 Å². The average molecular weight is 499 g/mol. The molecule has 0 aliphatic heterocycles. The molecule has 6 nitrogen and oxygen atoms in total. The Hall–Kier alpha value is -0.920. The van der Waals surface area contributed by atoms with Gasteiger partial charge in [0.25, 0.3) is 0 Å². The lowest BCUT2D eigenvalue weighted by Crippen LogP contribution is -2.56. The summed E-state index contributed by atoms with van der Waals surface area (Å²) in [5, 5.41) is 21.6. The summed E-state index contributed by atoms with van der Waals surface area (Å²) in [7, 11) is 0. The number of rotatable bonds is 5. The lowest BCUT2D eigenvalue weighted by atomic mass is 9.48. The first kappa shape index (κ1) is 23.2. The Kier molecular flexibility index (Phi) is 5.88. The van der Waals surface area contributed by atoms with Crippen molar-refractivity contribution < 1.29 is 29.3 Å². The highest BCUT2D eigenvalue weighted by Gasteiger charge is 2.72. The molecule has 9 unspecified atom stereocenters. The van der Waals surface area contributed by atoms with E-state index in [0.717, 1.165) is 25.7 Å². The predicted molar refractivity (Wildman–Crippen MR) is 118 cm³/mol. The smallest absolute Gasteiger partial charge is 0.302 e. The van der Waals surface area contributed by atoms with Gasteiger partial charge in [0.1, 0.15) is 12.7 Å². The molecule has 3 fully saturated rings. The van der Waals surface area contributed by atoms with Crippen LogP contribution in [0.5, 0.6) is 0 Å². The summed E-state index contributed by atoms with van der Waals surface area (Å²) in [6.45, 7) is 7.68. The highest BCUT2D eigenvalue weighted by Crippen LogP contribution is 2.74. The van der Waals surface area contributed by atoms with Crippen LogP contribution in [0.15, 0.2) is 11.6 Å². The fraction of sp³-hybridized carbons (Fsp3) is 0.833. The van der Waals surface area contributed by atoms with Crippen LogP contribution in [0.4, 0.5) is 0 Å². The maximum absolute atomic E-state index is 11.8. The van der Waals surface area contributed by atoms with E-state index in [1.54, 1.807) is 0 Å². The first-order valence-corrected chi connectivity index (χ1v) is 12.3. The van der Waals surface area contributed by atoms with Crippen molar-refractivity contribution in [2.45, 2.75) is 76.8 Å². The number of hydrogen-bond donors (Lipinski definition) is 2. The quantitative estimate of drug-likeness (QED) is 0.342.